The van der Waals surface area contributed by atoms with Gasteiger partial charge in [-0.05, 0) is 62.8 Å². The maximum atomic E-state index is 14.0. The van der Waals surface area contributed by atoms with Gasteiger partial charge in [-0.25, -0.2) is 9.59 Å². The van der Waals surface area contributed by atoms with Crippen molar-refractivity contribution >= 4 is 40.3 Å². The van der Waals surface area contributed by atoms with Crippen molar-refractivity contribution < 1.29 is 38.5 Å². The van der Waals surface area contributed by atoms with Crippen LogP contribution in [0.15, 0.2) is 23.9 Å². The number of carbonyl (C=O) groups excluding carboxylic acids is 4. The highest BCUT2D eigenvalue weighted by Crippen LogP contribution is 2.67. The van der Waals surface area contributed by atoms with Crippen LogP contribution in [-0.2, 0) is 21.3 Å². The topological polar surface area (TPSA) is 154 Å². The molecule has 3 N–H and O–H groups in total. The number of hydrogen-bond donors (Lipinski definition) is 3. The highest BCUT2D eigenvalue weighted by Gasteiger charge is 2.68. The average Bonchev–Trinajstić information content (AvgIpc) is 3.43. The Kier molecular flexibility index (Phi) is 5.24. The molecule has 2 fully saturated rings. The third kappa shape index (κ3) is 3.40. The fraction of sp³-hybridized carbons (Fsp3) is 0.400. The number of ketones is 1. The second-order valence-corrected chi connectivity index (χ2v) is 12.2. The van der Waals surface area contributed by atoms with Crippen LogP contribution in [0.4, 0.5) is 10.5 Å². The number of fused-ring (bicyclic) bond motifs is 4. The number of methoxy groups -OCH3 is 2. The van der Waals surface area contributed by atoms with E-state index in [9.17, 15) is 24.3 Å². The number of carbonyl (C=O) groups is 4. The number of esters is 1. The van der Waals surface area contributed by atoms with Crippen LogP contribution in [0.25, 0.3) is 10.9 Å². The van der Waals surface area contributed by atoms with Crippen molar-refractivity contribution in [3.05, 3.63) is 52.1 Å². The molecule has 1 spiro atoms. The Labute approximate surface area is 240 Å². The Morgan fingerprint density at radius 2 is 1.86 bits per heavy atom. The monoisotopic (exact) mass is 574 g/mol. The lowest BCUT2D eigenvalue weighted by atomic mass is 9.85. The van der Waals surface area contributed by atoms with Crippen LogP contribution >= 0.6 is 0 Å². The maximum Gasteiger partial charge on any atom is 0.414 e. The molecule has 1 saturated heterocycles. The van der Waals surface area contributed by atoms with Gasteiger partial charge < -0.3 is 34.2 Å². The van der Waals surface area contributed by atoms with Crippen LogP contribution < -0.4 is 9.64 Å². The molecule has 0 radical (unpaired) electrons. The van der Waals surface area contributed by atoms with Crippen molar-refractivity contribution in [2.75, 3.05) is 32.2 Å². The van der Waals surface area contributed by atoms with Gasteiger partial charge >= 0.3 is 12.1 Å². The van der Waals surface area contributed by atoms with Crippen molar-refractivity contribution in [3.63, 3.8) is 0 Å². The second-order valence-electron chi connectivity index (χ2n) is 12.2. The van der Waals surface area contributed by atoms with Crippen molar-refractivity contribution in [1.29, 1.82) is 0 Å². The van der Waals surface area contributed by atoms with Gasteiger partial charge in [0.25, 0.3) is 5.91 Å². The Morgan fingerprint density at radius 1 is 1.10 bits per heavy atom. The van der Waals surface area contributed by atoms with E-state index in [4.69, 9.17) is 14.2 Å². The molecule has 2 amide bonds. The molecule has 0 bridgehead atoms. The number of aromatic hydroxyl groups is 1. The number of amides is 2. The van der Waals surface area contributed by atoms with Crippen molar-refractivity contribution in [3.8, 4) is 11.5 Å². The van der Waals surface area contributed by atoms with Crippen LogP contribution in [-0.4, -0.2) is 76.6 Å². The summed E-state index contributed by atoms with van der Waals surface area (Å²) >= 11 is 0. The number of hydrogen-bond acceptors (Lipinski definition) is 8. The van der Waals surface area contributed by atoms with E-state index in [0.29, 0.717) is 58.6 Å². The molecular weight excluding hydrogens is 544 g/mol. The number of ether oxygens (including phenoxy) is 3. The molecule has 12 nitrogen and oxygen atoms in total. The minimum Gasteiger partial charge on any atom is -0.503 e. The minimum atomic E-state index is -0.720. The quantitative estimate of drug-likeness (QED) is 0.399. The third-order valence-corrected chi connectivity index (χ3v) is 8.72. The Balaban J connectivity index is 1.26. The first-order chi connectivity index (χ1) is 19.9. The fourth-order valence-corrected chi connectivity index (χ4v) is 6.91. The van der Waals surface area contributed by atoms with Crippen molar-refractivity contribution in [2.45, 2.75) is 44.6 Å². The predicted octanol–water partition coefficient (Wildman–Crippen LogP) is 3.79. The van der Waals surface area contributed by atoms with E-state index in [1.54, 1.807) is 37.8 Å². The number of benzene rings is 1. The summed E-state index contributed by atoms with van der Waals surface area (Å²) in [5.74, 6) is -1.21. The van der Waals surface area contributed by atoms with Crippen LogP contribution in [0.1, 0.15) is 69.8 Å². The largest absolute Gasteiger partial charge is 0.503 e. The molecule has 4 aliphatic rings. The number of anilines is 1. The number of phenols is 1. The van der Waals surface area contributed by atoms with Gasteiger partial charge in [0.2, 0.25) is 5.78 Å². The average molecular weight is 575 g/mol. The number of rotatable bonds is 3. The summed E-state index contributed by atoms with van der Waals surface area (Å²) in [4.78, 5) is 61.2. The molecule has 7 rings (SSSR count). The Bertz CT molecular complexity index is 1790. The number of nitrogens with zero attached hydrogens (tertiary/aromatic N) is 2. The number of nitrogens with one attached hydrogen (secondary N) is 2. The van der Waals surface area contributed by atoms with E-state index in [-0.39, 0.29) is 40.5 Å². The van der Waals surface area contributed by atoms with E-state index in [1.165, 1.54) is 25.2 Å². The number of likely N-dealkylation sites (tertiary alicyclic amines) is 1. The molecule has 1 aromatic carbocycles. The van der Waals surface area contributed by atoms with Crippen molar-refractivity contribution in [2.24, 2.45) is 5.92 Å². The number of allylic oxidation sites excluding steroid dienone is 2. The molecule has 42 heavy (non-hydrogen) atoms. The van der Waals surface area contributed by atoms with E-state index >= 15 is 0 Å². The zero-order valence-electron chi connectivity index (χ0n) is 23.8. The molecule has 12 heteroatoms. The first-order valence-electron chi connectivity index (χ1n) is 13.7. The normalized spacial score (nSPS) is 21.9. The molecule has 3 aromatic rings. The van der Waals surface area contributed by atoms with Crippen LogP contribution in [0, 0.1) is 5.92 Å². The zero-order chi connectivity index (χ0) is 29.9. The van der Waals surface area contributed by atoms with E-state index in [2.05, 4.69) is 9.97 Å². The van der Waals surface area contributed by atoms with Crippen LogP contribution in [0.3, 0.4) is 0 Å². The first-order valence-corrected chi connectivity index (χ1v) is 13.7. The minimum absolute atomic E-state index is 0.107. The van der Waals surface area contributed by atoms with Gasteiger partial charge in [0.15, 0.2) is 11.5 Å². The molecule has 218 valence electrons. The maximum absolute atomic E-state index is 14.0. The summed E-state index contributed by atoms with van der Waals surface area (Å²) in [5.41, 5.74) is 2.34. The number of piperidine rings is 1. The summed E-state index contributed by atoms with van der Waals surface area (Å²) in [5, 5.41) is 11.8. The summed E-state index contributed by atoms with van der Waals surface area (Å²) in [6.45, 7) is 6.02. The number of aromatic nitrogens is 2. The second kappa shape index (κ2) is 8.40. The predicted molar refractivity (Wildman–Crippen MR) is 149 cm³/mol. The van der Waals surface area contributed by atoms with Crippen LogP contribution in [0.2, 0.25) is 0 Å². The van der Waals surface area contributed by atoms with Gasteiger partial charge in [0.05, 0.1) is 31.1 Å². The van der Waals surface area contributed by atoms with Gasteiger partial charge in [-0.1, -0.05) is 0 Å². The molecular formula is C30H30N4O8. The van der Waals surface area contributed by atoms with E-state index in [1.807, 2.05) is 0 Å². The highest BCUT2D eigenvalue weighted by molar-refractivity contribution is 6.11. The molecule has 2 aliphatic carbocycles. The number of aromatic amines is 2. The van der Waals surface area contributed by atoms with Gasteiger partial charge in [0.1, 0.15) is 17.0 Å². The summed E-state index contributed by atoms with van der Waals surface area (Å²) in [7, 11) is 2.69. The molecule has 4 heterocycles. The number of phenolic OH excluding ortho intramolecular Hbond substituents is 1. The SMILES string of the molecule is COC(=O)c1cc2c([nH]1)C(=O)C=C1N(C(=O)c3cc4c5c(c(O)c(OC)c4[nH]3)N(C(=O)OC(C)(C)C)CC5)C[C@H]3C[C@]123. The molecule has 2 aromatic heterocycles. The lowest BCUT2D eigenvalue weighted by molar-refractivity contribution is 0.0577. The van der Waals surface area contributed by atoms with Crippen molar-refractivity contribution in [1.82, 2.24) is 14.9 Å². The fourth-order valence-electron chi connectivity index (χ4n) is 6.91. The molecule has 0 unspecified atom stereocenters. The Hall–Kier alpha value is -4.74. The highest BCUT2D eigenvalue weighted by atomic mass is 16.6. The molecule has 2 atom stereocenters. The van der Waals surface area contributed by atoms with Gasteiger partial charge in [0, 0.05) is 35.7 Å². The van der Waals surface area contributed by atoms with E-state index < -0.39 is 23.1 Å². The van der Waals surface area contributed by atoms with Gasteiger partial charge in [-0.2, -0.15) is 0 Å². The summed E-state index contributed by atoms with van der Waals surface area (Å²) in [6, 6.07) is 3.37. The summed E-state index contributed by atoms with van der Waals surface area (Å²) < 4.78 is 15.9. The molecule has 2 aliphatic heterocycles. The smallest absolute Gasteiger partial charge is 0.414 e. The lowest BCUT2D eigenvalue weighted by Gasteiger charge is -2.27. The third-order valence-electron chi connectivity index (χ3n) is 8.72. The standard InChI is InChI=1S/C30H30N4O8/c1-29(2,3)42-28(39)33-7-6-14-15-8-17(31-21(15)25(40-4)24(36)23(14)33)26(37)34-12-13-11-30(13)16-9-18(27(38)41-5)32-22(16)19(35)10-20(30)34/h8-10,13,31-32,36H,6-7,11-12H2,1-5H3/t13-,30-/m1/s1. The Morgan fingerprint density at radius 3 is 2.55 bits per heavy atom. The van der Waals surface area contributed by atoms with Gasteiger partial charge in [-0.3, -0.25) is 14.5 Å². The first kappa shape index (κ1) is 26.2. The zero-order valence-corrected chi connectivity index (χ0v) is 23.8. The molecule has 1 saturated carbocycles. The van der Waals surface area contributed by atoms with Crippen LogP contribution in [0.5, 0.6) is 11.5 Å². The summed E-state index contributed by atoms with van der Waals surface area (Å²) in [6.07, 6.45) is 2.11. The van der Waals surface area contributed by atoms with E-state index in [0.717, 1.165) is 6.42 Å². The lowest BCUT2D eigenvalue weighted by Crippen LogP contribution is -2.35. The van der Waals surface area contributed by atoms with Gasteiger partial charge in [-0.15, -0.1) is 0 Å². The number of H-pyrrole nitrogens is 2.